The topological polar surface area (TPSA) is 67.8 Å². The Kier molecular flexibility index (Phi) is 8.52. The van der Waals surface area contributed by atoms with E-state index in [9.17, 15) is 9.90 Å². The van der Waals surface area contributed by atoms with Crippen molar-refractivity contribution in [2.24, 2.45) is 0 Å². The lowest BCUT2D eigenvalue weighted by Gasteiger charge is -2.29. The van der Waals surface area contributed by atoms with Crippen molar-refractivity contribution < 1.29 is 19.4 Å². The third-order valence-electron chi connectivity index (χ3n) is 5.76. The van der Waals surface area contributed by atoms with E-state index in [0.717, 1.165) is 27.6 Å². The van der Waals surface area contributed by atoms with E-state index in [-0.39, 0.29) is 24.2 Å². The van der Waals surface area contributed by atoms with Crippen LogP contribution in [0.5, 0.6) is 0 Å². The zero-order chi connectivity index (χ0) is 23.8. The molecule has 6 heteroatoms. The first kappa shape index (κ1) is 24.2. The molecule has 1 aliphatic heterocycles. The molecule has 34 heavy (non-hydrogen) atoms. The highest BCUT2D eigenvalue weighted by molar-refractivity contribution is 9.10. The Morgan fingerprint density at radius 1 is 0.971 bits per heavy atom. The van der Waals surface area contributed by atoms with Crippen LogP contribution in [-0.4, -0.2) is 23.8 Å². The number of carbonyl (C=O) groups excluding carboxylic acids is 1. The highest BCUT2D eigenvalue weighted by Crippen LogP contribution is 2.32. The minimum Gasteiger partial charge on any atom is -0.459 e. The van der Waals surface area contributed by atoms with Crippen molar-refractivity contribution in [3.63, 3.8) is 0 Å². The summed E-state index contributed by atoms with van der Waals surface area (Å²) in [6.45, 7) is 0.886. The van der Waals surface area contributed by atoms with Gasteiger partial charge in [0.2, 0.25) is 6.29 Å². The normalized spacial score (nSPS) is 17.5. The third-order valence-corrected chi connectivity index (χ3v) is 6.29. The first-order chi connectivity index (χ1) is 16.6. The second-order valence-corrected chi connectivity index (χ2v) is 9.16. The van der Waals surface area contributed by atoms with E-state index in [0.29, 0.717) is 19.6 Å². The van der Waals surface area contributed by atoms with Gasteiger partial charge in [0.05, 0.1) is 13.2 Å². The van der Waals surface area contributed by atoms with Crippen LogP contribution in [-0.2, 0) is 33.9 Å². The molecule has 1 amide bonds. The lowest BCUT2D eigenvalue weighted by Crippen LogP contribution is -2.33. The van der Waals surface area contributed by atoms with Crippen LogP contribution in [0.3, 0.4) is 0 Å². The Balaban J connectivity index is 1.42. The van der Waals surface area contributed by atoms with Gasteiger partial charge in [-0.3, -0.25) is 4.79 Å². The zero-order valence-corrected chi connectivity index (χ0v) is 20.4. The molecule has 5 nitrogen and oxygen atoms in total. The second kappa shape index (κ2) is 12.0. The van der Waals surface area contributed by atoms with E-state index in [2.05, 4.69) is 21.2 Å². The number of carbonyl (C=O) groups is 1. The number of ether oxygens (including phenoxy) is 2. The molecule has 176 valence electrons. The molecule has 0 aromatic heterocycles. The molecule has 0 unspecified atom stereocenters. The van der Waals surface area contributed by atoms with Gasteiger partial charge in [0.25, 0.3) is 5.91 Å². The molecule has 1 heterocycles. The van der Waals surface area contributed by atoms with Crippen molar-refractivity contribution in [2.75, 3.05) is 6.54 Å². The van der Waals surface area contributed by atoms with Crippen molar-refractivity contribution in [3.8, 4) is 0 Å². The lowest BCUT2D eigenvalue weighted by molar-refractivity contribution is -0.150. The predicted molar refractivity (Wildman–Crippen MR) is 135 cm³/mol. The first-order valence-electron chi connectivity index (χ1n) is 11.4. The van der Waals surface area contributed by atoms with Gasteiger partial charge in [-0.15, -0.1) is 0 Å². The average Bonchev–Trinajstić information content (AvgIpc) is 2.88. The van der Waals surface area contributed by atoms with Crippen molar-refractivity contribution in [2.45, 2.75) is 38.3 Å². The Bertz CT molecular complexity index is 1100. The number of nitrogens with one attached hydrogen (secondary N) is 1. The molecule has 0 saturated heterocycles. The van der Waals surface area contributed by atoms with E-state index in [1.165, 1.54) is 5.56 Å². The number of allylic oxidation sites excluding steroid dienone is 1. The van der Waals surface area contributed by atoms with E-state index < -0.39 is 6.29 Å². The van der Waals surface area contributed by atoms with Gasteiger partial charge in [-0.05, 0) is 46.9 Å². The molecule has 2 atom stereocenters. The van der Waals surface area contributed by atoms with Crippen LogP contribution < -0.4 is 5.32 Å². The molecular weight excluding hydrogens is 494 g/mol. The Hall–Kier alpha value is -2.93. The van der Waals surface area contributed by atoms with Crippen molar-refractivity contribution in [1.29, 1.82) is 0 Å². The van der Waals surface area contributed by atoms with Crippen LogP contribution in [0.4, 0.5) is 0 Å². The summed E-state index contributed by atoms with van der Waals surface area (Å²) in [4.78, 5) is 12.9. The van der Waals surface area contributed by atoms with Crippen LogP contribution in [0.2, 0.25) is 0 Å². The SMILES string of the molecule is O=C(NCCc1ccccc1)C1=C[C@H](c2ccc(Br)cc2)C[C@H](OCc2ccc(CO)cc2)O1. The second-order valence-electron chi connectivity index (χ2n) is 8.25. The molecule has 0 bridgehead atoms. The number of rotatable bonds is 9. The fourth-order valence-electron chi connectivity index (χ4n) is 3.84. The summed E-state index contributed by atoms with van der Waals surface area (Å²) < 4.78 is 13.0. The zero-order valence-electron chi connectivity index (χ0n) is 18.8. The van der Waals surface area contributed by atoms with Crippen LogP contribution in [0.25, 0.3) is 0 Å². The standard InChI is InChI=1S/C28H28BrNO4/c29-25-12-10-23(11-13-25)24-16-26(28(32)30-15-14-20-4-2-1-3-5-20)34-27(17-24)33-19-22-8-6-21(18-31)7-9-22/h1-13,16,24,27,31H,14-15,17-19H2,(H,30,32)/t24-,27+/m0/s1. The smallest absolute Gasteiger partial charge is 0.286 e. The Morgan fingerprint density at radius 3 is 2.38 bits per heavy atom. The van der Waals surface area contributed by atoms with Crippen LogP contribution in [0.1, 0.15) is 34.6 Å². The Labute approximate surface area is 208 Å². The summed E-state index contributed by atoms with van der Waals surface area (Å²) in [6, 6.07) is 25.7. The van der Waals surface area contributed by atoms with Crippen molar-refractivity contribution in [1.82, 2.24) is 5.32 Å². The third kappa shape index (κ3) is 6.79. The summed E-state index contributed by atoms with van der Waals surface area (Å²) in [6.07, 6.45) is 2.69. The highest BCUT2D eigenvalue weighted by Gasteiger charge is 2.28. The van der Waals surface area contributed by atoms with Crippen LogP contribution >= 0.6 is 15.9 Å². The van der Waals surface area contributed by atoms with Gasteiger partial charge in [0, 0.05) is 23.4 Å². The molecule has 3 aromatic carbocycles. The van der Waals surface area contributed by atoms with Gasteiger partial charge in [0.1, 0.15) is 0 Å². The van der Waals surface area contributed by atoms with Gasteiger partial charge in [-0.25, -0.2) is 0 Å². The summed E-state index contributed by atoms with van der Waals surface area (Å²) in [5, 5.41) is 12.2. The first-order valence-corrected chi connectivity index (χ1v) is 12.2. The van der Waals surface area contributed by atoms with Gasteiger partial charge in [-0.1, -0.05) is 82.7 Å². The minimum absolute atomic E-state index is 0.00140. The lowest BCUT2D eigenvalue weighted by atomic mass is 9.93. The molecule has 2 N–H and O–H groups in total. The number of halogens is 1. The number of aliphatic hydroxyl groups is 1. The van der Waals surface area contributed by atoms with Crippen molar-refractivity contribution >= 4 is 21.8 Å². The van der Waals surface area contributed by atoms with Gasteiger partial charge >= 0.3 is 0 Å². The Morgan fingerprint density at radius 2 is 1.68 bits per heavy atom. The predicted octanol–water partition coefficient (Wildman–Crippen LogP) is 5.23. The minimum atomic E-state index is -0.550. The molecule has 0 spiro atoms. The summed E-state index contributed by atoms with van der Waals surface area (Å²) >= 11 is 3.48. The van der Waals surface area contributed by atoms with Crippen LogP contribution in [0.15, 0.2) is 95.2 Å². The number of aliphatic hydroxyl groups excluding tert-OH is 1. The quantitative estimate of drug-likeness (QED) is 0.404. The van der Waals surface area contributed by atoms with Gasteiger partial charge in [0.15, 0.2) is 5.76 Å². The fraction of sp³-hybridized carbons (Fsp3) is 0.250. The monoisotopic (exact) mass is 521 g/mol. The molecule has 0 aliphatic carbocycles. The maximum absolute atomic E-state index is 12.9. The van der Waals surface area contributed by atoms with E-state index in [1.807, 2.05) is 84.9 Å². The number of hydrogen-bond donors (Lipinski definition) is 2. The largest absolute Gasteiger partial charge is 0.459 e. The van der Waals surface area contributed by atoms with Crippen molar-refractivity contribution in [3.05, 3.63) is 117 Å². The number of benzene rings is 3. The highest BCUT2D eigenvalue weighted by atomic mass is 79.9. The van der Waals surface area contributed by atoms with E-state index in [1.54, 1.807) is 0 Å². The van der Waals surface area contributed by atoms with E-state index in [4.69, 9.17) is 9.47 Å². The maximum Gasteiger partial charge on any atom is 0.286 e. The maximum atomic E-state index is 12.9. The molecule has 0 fully saturated rings. The molecule has 0 radical (unpaired) electrons. The number of hydrogen-bond acceptors (Lipinski definition) is 4. The molecule has 4 rings (SSSR count). The molecule has 1 aliphatic rings. The summed E-state index contributed by atoms with van der Waals surface area (Å²) in [5.74, 6) is 0.0463. The average molecular weight is 522 g/mol. The van der Waals surface area contributed by atoms with Gasteiger partial charge < -0.3 is 19.9 Å². The summed E-state index contributed by atoms with van der Waals surface area (Å²) in [5.41, 5.74) is 4.10. The van der Waals surface area contributed by atoms with E-state index >= 15 is 0 Å². The molecular formula is C28H28BrNO4. The molecule has 0 saturated carbocycles. The van der Waals surface area contributed by atoms with Crippen LogP contribution in [0, 0.1) is 0 Å². The fourth-order valence-corrected chi connectivity index (χ4v) is 4.11. The van der Waals surface area contributed by atoms with Gasteiger partial charge in [-0.2, -0.15) is 0 Å². The number of amides is 1. The molecule has 3 aromatic rings. The summed E-state index contributed by atoms with van der Waals surface area (Å²) in [7, 11) is 0.